The molecule has 0 atom stereocenters. The van der Waals surface area contributed by atoms with E-state index >= 15 is 0 Å². The van der Waals surface area contributed by atoms with Crippen LogP contribution in [0.2, 0.25) is 0 Å². The van der Waals surface area contributed by atoms with Gasteiger partial charge in [0.1, 0.15) is 0 Å². The number of pyridine rings is 1. The molecule has 2 nitrogen and oxygen atoms in total. The molecule has 0 fully saturated rings. The van der Waals surface area contributed by atoms with E-state index in [1.54, 1.807) is 0 Å². The smallest absolute Gasteiger partial charge is 0.0707 e. The van der Waals surface area contributed by atoms with Gasteiger partial charge >= 0.3 is 0 Å². The Hall–Kier alpha value is -1.41. The molecule has 1 aromatic heterocycles. The predicted molar refractivity (Wildman–Crippen MR) is 61.9 cm³/mol. The molecule has 0 saturated carbocycles. The highest BCUT2D eigenvalue weighted by Gasteiger charge is 2.01. The van der Waals surface area contributed by atoms with Gasteiger partial charge in [0.25, 0.3) is 0 Å². The van der Waals surface area contributed by atoms with E-state index in [9.17, 15) is 0 Å². The van der Waals surface area contributed by atoms with E-state index in [0.717, 1.165) is 24.1 Å². The van der Waals surface area contributed by atoms with Crippen LogP contribution < -0.4 is 0 Å². The van der Waals surface area contributed by atoms with Crippen molar-refractivity contribution in [3.05, 3.63) is 41.6 Å². The maximum atomic E-state index is 8.78. The molecule has 0 aliphatic carbocycles. The first kappa shape index (κ1) is 10.1. The third-order valence-corrected chi connectivity index (χ3v) is 2.57. The Morgan fingerprint density at radius 1 is 1.27 bits per heavy atom. The Bertz CT molecular complexity index is 465. The van der Waals surface area contributed by atoms with Crippen LogP contribution in [0.25, 0.3) is 10.9 Å². The zero-order valence-corrected chi connectivity index (χ0v) is 8.90. The van der Waals surface area contributed by atoms with Gasteiger partial charge in [0.15, 0.2) is 0 Å². The van der Waals surface area contributed by atoms with Crippen LogP contribution in [0.15, 0.2) is 30.3 Å². The number of rotatable bonds is 3. The first-order valence-electron chi connectivity index (χ1n) is 5.27. The zero-order valence-electron chi connectivity index (χ0n) is 8.90. The van der Waals surface area contributed by atoms with Gasteiger partial charge in [0, 0.05) is 17.7 Å². The first-order valence-corrected chi connectivity index (χ1v) is 5.27. The summed E-state index contributed by atoms with van der Waals surface area (Å²) in [4.78, 5) is 4.56. The highest BCUT2D eigenvalue weighted by Crippen LogP contribution is 2.17. The van der Waals surface area contributed by atoms with Gasteiger partial charge < -0.3 is 5.11 Å². The summed E-state index contributed by atoms with van der Waals surface area (Å²) >= 11 is 0. The average Bonchev–Trinajstić information content (AvgIpc) is 2.26. The number of para-hydroxylation sites is 1. The molecule has 0 aliphatic heterocycles. The summed E-state index contributed by atoms with van der Waals surface area (Å²) in [6.45, 7) is 2.33. The first-order chi connectivity index (χ1) is 7.31. The Morgan fingerprint density at radius 3 is 2.87 bits per heavy atom. The van der Waals surface area contributed by atoms with Crippen molar-refractivity contribution in [2.24, 2.45) is 0 Å². The van der Waals surface area contributed by atoms with Gasteiger partial charge in [-0.05, 0) is 37.5 Å². The van der Waals surface area contributed by atoms with Crippen LogP contribution in [0, 0.1) is 6.92 Å². The number of aliphatic hydroxyl groups is 1. The molecule has 2 rings (SSSR count). The minimum atomic E-state index is 0.230. The van der Waals surface area contributed by atoms with E-state index in [-0.39, 0.29) is 6.61 Å². The van der Waals surface area contributed by atoms with E-state index in [0.29, 0.717) is 0 Å². The number of benzene rings is 1. The van der Waals surface area contributed by atoms with Gasteiger partial charge in [-0.3, -0.25) is 4.98 Å². The fourth-order valence-electron chi connectivity index (χ4n) is 1.81. The molecule has 2 heteroatoms. The van der Waals surface area contributed by atoms with Gasteiger partial charge in [0.05, 0.1) is 5.52 Å². The molecular weight excluding hydrogens is 186 g/mol. The molecule has 1 heterocycles. The lowest BCUT2D eigenvalue weighted by molar-refractivity contribution is 0.288. The molecule has 2 aromatic rings. The summed E-state index contributed by atoms with van der Waals surface area (Å²) in [6.07, 6.45) is 1.63. The lowest BCUT2D eigenvalue weighted by atomic mass is 10.1. The van der Waals surface area contributed by atoms with Crippen LogP contribution in [0.5, 0.6) is 0 Å². The van der Waals surface area contributed by atoms with Gasteiger partial charge in [-0.1, -0.05) is 18.2 Å². The van der Waals surface area contributed by atoms with Crippen LogP contribution in [-0.2, 0) is 6.42 Å². The van der Waals surface area contributed by atoms with Gasteiger partial charge in [0.2, 0.25) is 0 Å². The number of hydrogen-bond acceptors (Lipinski definition) is 2. The highest BCUT2D eigenvalue weighted by atomic mass is 16.2. The summed E-state index contributed by atoms with van der Waals surface area (Å²) in [5.74, 6) is 0. The molecule has 0 bridgehead atoms. The van der Waals surface area contributed by atoms with Crippen LogP contribution in [0.3, 0.4) is 0 Å². The number of aryl methyl sites for hydroxylation is 2. The third-order valence-electron chi connectivity index (χ3n) is 2.57. The summed E-state index contributed by atoms with van der Waals surface area (Å²) in [5, 5.41) is 10.00. The van der Waals surface area contributed by atoms with E-state index < -0.39 is 0 Å². The van der Waals surface area contributed by atoms with Crippen molar-refractivity contribution in [1.82, 2.24) is 4.98 Å². The fraction of sp³-hybridized carbons (Fsp3) is 0.308. The second kappa shape index (κ2) is 4.41. The fourth-order valence-corrected chi connectivity index (χ4v) is 1.81. The monoisotopic (exact) mass is 201 g/mol. The van der Waals surface area contributed by atoms with Crippen LogP contribution in [0.4, 0.5) is 0 Å². The van der Waals surface area contributed by atoms with Crippen molar-refractivity contribution in [2.45, 2.75) is 19.8 Å². The van der Waals surface area contributed by atoms with Crippen LogP contribution in [0.1, 0.15) is 17.7 Å². The zero-order chi connectivity index (χ0) is 10.7. The maximum absolute atomic E-state index is 8.78. The Kier molecular flexibility index (Phi) is 2.97. The van der Waals surface area contributed by atoms with Gasteiger partial charge in [-0.2, -0.15) is 0 Å². The van der Waals surface area contributed by atoms with Crippen molar-refractivity contribution in [2.75, 3.05) is 6.61 Å². The minimum Gasteiger partial charge on any atom is -0.396 e. The minimum absolute atomic E-state index is 0.230. The molecule has 78 valence electrons. The average molecular weight is 201 g/mol. The Morgan fingerprint density at radius 2 is 2.07 bits per heavy atom. The number of aromatic nitrogens is 1. The van der Waals surface area contributed by atoms with Gasteiger partial charge in [-0.25, -0.2) is 0 Å². The van der Waals surface area contributed by atoms with Gasteiger partial charge in [-0.15, -0.1) is 0 Å². The number of hydrogen-bond donors (Lipinski definition) is 1. The molecule has 0 radical (unpaired) electrons. The molecule has 1 aromatic carbocycles. The molecule has 15 heavy (non-hydrogen) atoms. The molecule has 0 unspecified atom stereocenters. The van der Waals surface area contributed by atoms with Crippen molar-refractivity contribution < 1.29 is 5.11 Å². The quantitative estimate of drug-likeness (QED) is 0.827. The third kappa shape index (κ3) is 2.16. The molecule has 1 N–H and O–H groups in total. The molecule has 0 spiro atoms. The van der Waals surface area contributed by atoms with Crippen molar-refractivity contribution in [1.29, 1.82) is 0 Å². The summed E-state index contributed by atoms with van der Waals surface area (Å²) in [5.41, 5.74) is 3.37. The van der Waals surface area contributed by atoms with Crippen molar-refractivity contribution in [3.63, 3.8) is 0 Å². The van der Waals surface area contributed by atoms with Crippen LogP contribution in [-0.4, -0.2) is 16.7 Å². The van der Waals surface area contributed by atoms with E-state index in [2.05, 4.69) is 24.0 Å². The lowest BCUT2D eigenvalue weighted by Gasteiger charge is -2.05. The summed E-state index contributed by atoms with van der Waals surface area (Å²) < 4.78 is 0. The Balaban J connectivity index is 2.43. The molecular formula is C13H15NO. The predicted octanol–water partition coefficient (Wildman–Crippen LogP) is 2.47. The Labute approximate surface area is 89.6 Å². The standard InChI is InChI=1S/C13H15NO/c1-10-9-11(5-4-8-15)14-13-7-3-2-6-12(10)13/h2-3,6-7,9,15H,4-5,8H2,1H3. The number of nitrogens with zero attached hydrogens (tertiary/aromatic N) is 1. The molecule has 0 saturated heterocycles. The highest BCUT2D eigenvalue weighted by molar-refractivity contribution is 5.81. The van der Waals surface area contributed by atoms with E-state index in [4.69, 9.17) is 5.11 Å². The largest absolute Gasteiger partial charge is 0.396 e. The van der Waals surface area contributed by atoms with Crippen molar-refractivity contribution >= 4 is 10.9 Å². The normalized spacial score (nSPS) is 10.8. The second-order valence-corrected chi connectivity index (χ2v) is 3.77. The molecule has 0 aliphatic rings. The van der Waals surface area contributed by atoms with Crippen molar-refractivity contribution in [3.8, 4) is 0 Å². The topological polar surface area (TPSA) is 33.1 Å². The number of aliphatic hydroxyl groups excluding tert-OH is 1. The summed E-state index contributed by atoms with van der Waals surface area (Å²) in [7, 11) is 0. The molecule has 0 amide bonds. The second-order valence-electron chi connectivity index (χ2n) is 3.77. The van der Waals surface area contributed by atoms with Crippen LogP contribution >= 0.6 is 0 Å². The SMILES string of the molecule is Cc1cc(CCCO)nc2ccccc12. The van der Waals surface area contributed by atoms with E-state index in [1.807, 2.05) is 18.2 Å². The number of fused-ring (bicyclic) bond motifs is 1. The maximum Gasteiger partial charge on any atom is 0.0707 e. The lowest BCUT2D eigenvalue weighted by Crippen LogP contribution is -1.95. The summed E-state index contributed by atoms with van der Waals surface area (Å²) in [6, 6.07) is 10.3. The van der Waals surface area contributed by atoms with E-state index in [1.165, 1.54) is 10.9 Å².